The maximum absolute atomic E-state index is 6.22. The molecule has 1 fully saturated rings. The van der Waals surface area contributed by atoms with E-state index in [1.54, 1.807) is 0 Å². The summed E-state index contributed by atoms with van der Waals surface area (Å²) in [6.07, 6.45) is 3.76. The van der Waals surface area contributed by atoms with Crippen LogP contribution in [0.1, 0.15) is 32.3 Å². The Balaban J connectivity index is 2.07. The zero-order chi connectivity index (χ0) is 11.6. The fourth-order valence-electron chi connectivity index (χ4n) is 2.47. The third-order valence-corrected chi connectivity index (χ3v) is 4.19. The van der Waals surface area contributed by atoms with Gasteiger partial charge in [0.2, 0.25) is 0 Å². The number of hydrogen-bond donors (Lipinski definition) is 1. The van der Waals surface area contributed by atoms with Gasteiger partial charge in [0.1, 0.15) is 0 Å². The highest BCUT2D eigenvalue weighted by molar-refractivity contribution is 6.31. The molecule has 0 heterocycles. The topological polar surface area (TPSA) is 12.0 Å². The van der Waals surface area contributed by atoms with Crippen LogP contribution in [0.2, 0.25) is 5.02 Å². The minimum absolute atomic E-state index is 0.459. The molecule has 0 spiro atoms. The molecule has 0 aromatic heterocycles. The molecule has 1 aliphatic rings. The van der Waals surface area contributed by atoms with Gasteiger partial charge >= 0.3 is 0 Å². The van der Waals surface area contributed by atoms with Gasteiger partial charge in [0.15, 0.2) is 0 Å². The summed E-state index contributed by atoms with van der Waals surface area (Å²) < 4.78 is 0. The summed E-state index contributed by atoms with van der Waals surface area (Å²) in [6, 6.07) is 8.81. The van der Waals surface area contributed by atoms with Crippen molar-refractivity contribution < 1.29 is 0 Å². The Morgan fingerprint density at radius 2 is 2.06 bits per heavy atom. The Morgan fingerprint density at radius 3 is 2.62 bits per heavy atom. The SMILES string of the molecule is CCNC(C)C1(Cc2ccccc2Cl)CC1. The van der Waals surface area contributed by atoms with Crippen LogP contribution in [0.5, 0.6) is 0 Å². The summed E-state index contributed by atoms with van der Waals surface area (Å²) in [4.78, 5) is 0. The lowest BCUT2D eigenvalue weighted by Gasteiger charge is -2.24. The van der Waals surface area contributed by atoms with Crippen LogP contribution in [0.25, 0.3) is 0 Å². The molecule has 1 aromatic carbocycles. The second-order valence-electron chi connectivity index (χ2n) is 4.91. The molecule has 0 amide bonds. The van der Waals surface area contributed by atoms with E-state index in [0.29, 0.717) is 11.5 Å². The first-order valence-electron chi connectivity index (χ1n) is 6.15. The smallest absolute Gasteiger partial charge is 0.0438 e. The highest BCUT2D eigenvalue weighted by Gasteiger charge is 2.46. The van der Waals surface area contributed by atoms with E-state index in [2.05, 4.69) is 31.3 Å². The fraction of sp³-hybridized carbons (Fsp3) is 0.571. The molecule has 0 bridgehead atoms. The normalized spacial score (nSPS) is 19.4. The number of nitrogens with one attached hydrogen (secondary N) is 1. The predicted molar refractivity (Wildman–Crippen MR) is 70.0 cm³/mol. The van der Waals surface area contributed by atoms with Gasteiger partial charge in [0.25, 0.3) is 0 Å². The molecule has 1 N–H and O–H groups in total. The summed E-state index contributed by atoms with van der Waals surface area (Å²) in [5.74, 6) is 0. The molecule has 2 heteroatoms. The van der Waals surface area contributed by atoms with Crippen molar-refractivity contribution in [3.8, 4) is 0 Å². The van der Waals surface area contributed by atoms with Crippen LogP contribution in [0.4, 0.5) is 0 Å². The van der Waals surface area contributed by atoms with E-state index in [0.717, 1.165) is 18.0 Å². The highest BCUT2D eigenvalue weighted by Crippen LogP contribution is 2.51. The quantitative estimate of drug-likeness (QED) is 0.824. The van der Waals surface area contributed by atoms with Crippen LogP contribution in [0, 0.1) is 5.41 Å². The number of rotatable bonds is 5. The summed E-state index contributed by atoms with van der Waals surface area (Å²) >= 11 is 6.22. The molecule has 88 valence electrons. The Kier molecular flexibility index (Phi) is 3.56. The second-order valence-corrected chi connectivity index (χ2v) is 5.32. The summed E-state index contributed by atoms with van der Waals surface area (Å²) in [6.45, 7) is 5.51. The van der Waals surface area contributed by atoms with Crippen LogP contribution < -0.4 is 5.32 Å². The molecule has 0 saturated heterocycles. The van der Waals surface area contributed by atoms with E-state index < -0.39 is 0 Å². The molecule has 1 aliphatic carbocycles. The molecule has 2 rings (SSSR count). The van der Waals surface area contributed by atoms with Crippen LogP contribution in [-0.2, 0) is 6.42 Å². The molecular formula is C14H20ClN. The molecule has 1 unspecified atom stereocenters. The van der Waals surface area contributed by atoms with E-state index in [-0.39, 0.29) is 0 Å². The summed E-state index contributed by atoms with van der Waals surface area (Å²) in [7, 11) is 0. The highest BCUT2D eigenvalue weighted by atomic mass is 35.5. The lowest BCUT2D eigenvalue weighted by molar-refractivity contribution is 0.356. The summed E-state index contributed by atoms with van der Waals surface area (Å²) in [5, 5.41) is 4.46. The third-order valence-electron chi connectivity index (χ3n) is 3.82. The number of benzene rings is 1. The van der Waals surface area contributed by atoms with Gasteiger partial charge in [-0.3, -0.25) is 0 Å². The van der Waals surface area contributed by atoms with Crippen LogP contribution in [0.15, 0.2) is 24.3 Å². The number of halogens is 1. The van der Waals surface area contributed by atoms with Gasteiger partial charge in [-0.05, 0) is 49.8 Å². The lowest BCUT2D eigenvalue weighted by atomic mass is 9.90. The Hall–Kier alpha value is -0.530. The van der Waals surface area contributed by atoms with E-state index in [4.69, 9.17) is 11.6 Å². The number of hydrogen-bond acceptors (Lipinski definition) is 1. The van der Waals surface area contributed by atoms with Crippen molar-refractivity contribution in [1.82, 2.24) is 5.32 Å². The largest absolute Gasteiger partial charge is 0.314 e. The van der Waals surface area contributed by atoms with Crippen LogP contribution in [0.3, 0.4) is 0 Å². The average molecular weight is 238 g/mol. The molecule has 0 aliphatic heterocycles. The zero-order valence-electron chi connectivity index (χ0n) is 10.1. The van der Waals surface area contributed by atoms with Gasteiger partial charge in [-0.1, -0.05) is 36.7 Å². The molecule has 16 heavy (non-hydrogen) atoms. The van der Waals surface area contributed by atoms with Crippen molar-refractivity contribution in [2.24, 2.45) is 5.41 Å². The van der Waals surface area contributed by atoms with Gasteiger partial charge in [0.05, 0.1) is 0 Å². The predicted octanol–water partition coefficient (Wildman–Crippen LogP) is 3.66. The van der Waals surface area contributed by atoms with Crippen molar-refractivity contribution in [3.05, 3.63) is 34.9 Å². The van der Waals surface area contributed by atoms with E-state index in [1.165, 1.54) is 18.4 Å². The molecule has 1 aromatic rings. The minimum atomic E-state index is 0.459. The van der Waals surface area contributed by atoms with Gasteiger partial charge in [0, 0.05) is 11.1 Å². The van der Waals surface area contributed by atoms with Gasteiger partial charge in [-0.2, -0.15) is 0 Å². The Bertz CT molecular complexity index is 358. The van der Waals surface area contributed by atoms with Crippen LogP contribution in [-0.4, -0.2) is 12.6 Å². The standard InChI is InChI=1S/C14H20ClN/c1-3-16-11(2)14(8-9-14)10-12-6-4-5-7-13(12)15/h4-7,11,16H,3,8-10H2,1-2H3. The maximum atomic E-state index is 6.22. The van der Waals surface area contributed by atoms with Gasteiger partial charge in [-0.15, -0.1) is 0 Å². The van der Waals surface area contributed by atoms with Gasteiger partial charge < -0.3 is 5.32 Å². The van der Waals surface area contributed by atoms with E-state index in [9.17, 15) is 0 Å². The Morgan fingerprint density at radius 1 is 1.38 bits per heavy atom. The van der Waals surface area contributed by atoms with Crippen molar-refractivity contribution >= 4 is 11.6 Å². The first kappa shape index (κ1) is 11.9. The molecule has 1 atom stereocenters. The van der Waals surface area contributed by atoms with Crippen molar-refractivity contribution in [2.75, 3.05) is 6.54 Å². The molecule has 1 nitrogen and oxygen atoms in total. The fourth-order valence-corrected chi connectivity index (χ4v) is 2.67. The summed E-state index contributed by atoms with van der Waals surface area (Å²) in [5.41, 5.74) is 1.76. The first-order chi connectivity index (χ1) is 7.68. The van der Waals surface area contributed by atoms with E-state index >= 15 is 0 Å². The van der Waals surface area contributed by atoms with Crippen molar-refractivity contribution in [1.29, 1.82) is 0 Å². The first-order valence-corrected chi connectivity index (χ1v) is 6.52. The van der Waals surface area contributed by atoms with Gasteiger partial charge in [-0.25, -0.2) is 0 Å². The minimum Gasteiger partial charge on any atom is -0.314 e. The van der Waals surface area contributed by atoms with Crippen molar-refractivity contribution in [3.63, 3.8) is 0 Å². The monoisotopic (exact) mass is 237 g/mol. The maximum Gasteiger partial charge on any atom is 0.0438 e. The molecular weight excluding hydrogens is 218 g/mol. The van der Waals surface area contributed by atoms with E-state index in [1.807, 2.05) is 12.1 Å². The lowest BCUT2D eigenvalue weighted by Crippen LogP contribution is -2.35. The third kappa shape index (κ3) is 2.41. The average Bonchev–Trinajstić information content (AvgIpc) is 3.03. The van der Waals surface area contributed by atoms with Crippen LogP contribution >= 0.6 is 11.6 Å². The second kappa shape index (κ2) is 4.77. The Labute approximate surface area is 103 Å². The molecule has 0 radical (unpaired) electrons. The zero-order valence-corrected chi connectivity index (χ0v) is 10.8. The van der Waals surface area contributed by atoms with Crippen molar-refractivity contribution in [2.45, 2.75) is 39.2 Å². The molecule has 1 saturated carbocycles.